The third-order valence-electron chi connectivity index (χ3n) is 11.3. The summed E-state index contributed by atoms with van der Waals surface area (Å²) >= 11 is 3.69. The molecule has 10 rings (SSSR count). The minimum atomic E-state index is -0.267. The van der Waals surface area contributed by atoms with Crippen LogP contribution < -0.4 is 0 Å². The summed E-state index contributed by atoms with van der Waals surface area (Å²) in [5.74, 6) is 0. The van der Waals surface area contributed by atoms with Crippen molar-refractivity contribution in [2.24, 2.45) is 5.41 Å². The molecule has 4 heterocycles. The molecule has 0 unspecified atom stereocenters. The van der Waals surface area contributed by atoms with E-state index in [-0.39, 0.29) is 17.1 Å². The summed E-state index contributed by atoms with van der Waals surface area (Å²) in [5, 5.41) is 1.45. The first-order valence-electron chi connectivity index (χ1n) is 18.2. The zero-order chi connectivity index (χ0) is 34.5. The maximum Gasteiger partial charge on any atom is 0.193 e. The monoisotopic (exact) mass is 703 g/mol. The Kier molecular flexibility index (Phi) is 7.18. The number of thiophene rings is 2. The minimum absolute atomic E-state index is 0.0551. The van der Waals surface area contributed by atoms with Gasteiger partial charge in [-0.1, -0.05) is 94.4 Å². The number of fused-ring (bicyclic) bond motifs is 3. The molecule has 0 bridgehead atoms. The Morgan fingerprint density at radius 1 is 0.627 bits per heavy atom. The van der Waals surface area contributed by atoms with Gasteiger partial charge in [0, 0.05) is 36.5 Å². The molecule has 1 saturated heterocycles. The van der Waals surface area contributed by atoms with Gasteiger partial charge in [-0.2, -0.15) is 0 Å². The van der Waals surface area contributed by atoms with E-state index < -0.39 is 0 Å². The topological polar surface area (TPSA) is 23.4 Å². The number of nitrogens with zero attached hydrogens (tertiary/aromatic N) is 1. The number of aryl methyl sites for hydroxylation is 2. The highest BCUT2D eigenvalue weighted by Crippen LogP contribution is 2.51. The van der Waals surface area contributed by atoms with E-state index in [1.165, 1.54) is 81.4 Å². The summed E-state index contributed by atoms with van der Waals surface area (Å²) in [6.45, 7) is 10.6. The molecule has 7 aromatic rings. The summed E-state index contributed by atoms with van der Waals surface area (Å²) in [5.41, 5.74) is 15.1. The maximum atomic E-state index is 6.10. The van der Waals surface area contributed by atoms with Crippen LogP contribution >= 0.6 is 22.7 Å². The first kappa shape index (κ1) is 31.5. The standard InChI is InChI=1S/C46H41NO2S2/c1-45(2)26-48-44(49-27-45)41-24-23-40(51-41)39-22-21-38(50-39)32-19-20-37-42-33(32)14-10-15-34(42)43(28-11-6-5-7-12-28)47(37)29-17-18-31-30-13-8-9-16-35(30)46(3,4)36(31)25-29/h5-9,11-13,16-25,44H,10,14-15,26-27H2,1-4H3. The molecule has 0 amide bonds. The molecule has 2 aliphatic carbocycles. The Morgan fingerprint density at radius 2 is 1.31 bits per heavy atom. The summed E-state index contributed by atoms with van der Waals surface area (Å²) in [6.07, 6.45) is 3.06. The lowest BCUT2D eigenvalue weighted by Crippen LogP contribution is -2.33. The highest BCUT2D eigenvalue weighted by atomic mass is 32.1. The van der Waals surface area contributed by atoms with Crippen LogP contribution in [0.25, 0.3) is 59.2 Å². The maximum absolute atomic E-state index is 6.10. The van der Waals surface area contributed by atoms with E-state index in [4.69, 9.17) is 9.47 Å². The van der Waals surface area contributed by atoms with Gasteiger partial charge in [-0.15, -0.1) is 22.7 Å². The van der Waals surface area contributed by atoms with E-state index in [2.05, 4.69) is 141 Å². The quantitative estimate of drug-likeness (QED) is 0.178. The normalized spacial score (nSPS) is 17.5. The van der Waals surface area contributed by atoms with E-state index >= 15 is 0 Å². The fourth-order valence-corrected chi connectivity index (χ4v) is 10.9. The van der Waals surface area contributed by atoms with Gasteiger partial charge in [0.1, 0.15) is 0 Å². The van der Waals surface area contributed by atoms with Crippen LogP contribution in [0.2, 0.25) is 0 Å². The largest absolute Gasteiger partial charge is 0.347 e. The van der Waals surface area contributed by atoms with Crippen LogP contribution in [0, 0.1) is 5.41 Å². The van der Waals surface area contributed by atoms with Gasteiger partial charge in [0.05, 0.1) is 29.3 Å². The fraction of sp³-hybridized carbons (Fsp3) is 0.261. The summed E-state index contributed by atoms with van der Waals surface area (Å²) in [7, 11) is 0. The lowest BCUT2D eigenvalue weighted by molar-refractivity contribution is -0.224. The van der Waals surface area contributed by atoms with Crippen LogP contribution in [0.1, 0.15) is 67.5 Å². The van der Waals surface area contributed by atoms with E-state index in [1.54, 1.807) is 11.3 Å². The molecule has 0 radical (unpaired) electrons. The van der Waals surface area contributed by atoms with Crippen LogP contribution in [-0.4, -0.2) is 17.8 Å². The molecular formula is C46H41NO2S2. The second-order valence-corrected chi connectivity index (χ2v) is 18.0. The van der Waals surface area contributed by atoms with E-state index in [9.17, 15) is 0 Å². The van der Waals surface area contributed by atoms with Crippen LogP contribution in [-0.2, 0) is 27.7 Å². The minimum Gasteiger partial charge on any atom is -0.347 e. The van der Waals surface area contributed by atoms with Gasteiger partial charge in [0.25, 0.3) is 0 Å². The zero-order valence-corrected chi connectivity index (χ0v) is 31.2. The van der Waals surface area contributed by atoms with Crippen molar-refractivity contribution in [1.29, 1.82) is 0 Å². The number of ether oxygens (including phenoxy) is 2. The summed E-state index contributed by atoms with van der Waals surface area (Å²) < 4.78 is 14.8. The van der Waals surface area contributed by atoms with Gasteiger partial charge < -0.3 is 14.0 Å². The van der Waals surface area contributed by atoms with E-state index in [0.717, 1.165) is 24.1 Å². The average Bonchev–Trinajstić information content (AvgIpc) is 3.94. The molecule has 5 heteroatoms. The zero-order valence-electron chi connectivity index (χ0n) is 29.6. The highest BCUT2D eigenvalue weighted by Gasteiger charge is 2.36. The SMILES string of the molecule is CC1(C)COC(c2ccc(-c3ccc(-c4ccc5c6c4CCCc6c(-c4ccccc4)n5-c4ccc5c(c4)C(C)(C)c4ccccc4-5)s3)s2)OC1. The molecule has 0 N–H and O–H groups in total. The highest BCUT2D eigenvalue weighted by molar-refractivity contribution is 7.23. The van der Waals surface area contributed by atoms with Gasteiger partial charge in [0.15, 0.2) is 6.29 Å². The first-order chi connectivity index (χ1) is 24.8. The molecule has 51 heavy (non-hydrogen) atoms. The molecule has 254 valence electrons. The first-order valence-corrected chi connectivity index (χ1v) is 19.8. The van der Waals surface area contributed by atoms with Crippen molar-refractivity contribution in [2.75, 3.05) is 13.2 Å². The van der Waals surface area contributed by atoms with Crippen molar-refractivity contribution in [1.82, 2.24) is 4.57 Å². The smallest absolute Gasteiger partial charge is 0.193 e. The van der Waals surface area contributed by atoms with Crippen molar-refractivity contribution in [3.05, 3.63) is 136 Å². The average molecular weight is 704 g/mol. The predicted octanol–water partition coefficient (Wildman–Crippen LogP) is 12.6. The van der Waals surface area contributed by atoms with Crippen molar-refractivity contribution < 1.29 is 9.47 Å². The molecular weight excluding hydrogens is 663 g/mol. The lowest BCUT2D eigenvalue weighted by Gasteiger charge is -2.34. The fourth-order valence-electron chi connectivity index (χ4n) is 8.79. The Hall–Kier alpha value is -4.26. The Morgan fingerprint density at radius 3 is 2.16 bits per heavy atom. The lowest BCUT2D eigenvalue weighted by atomic mass is 9.82. The summed E-state index contributed by atoms with van der Waals surface area (Å²) in [4.78, 5) is 5.05. The van der Waals surface area contributed by atoms with E-state index in [0.29, 0.717) is 13.2 Å². The van der Waals surface area contributed by atoms with Gasteiger partial charge >= 0.3 is 0 Å². The number of aromatic nitrogens is 1. The van der Waals surface area contributed by atoms with Crippen molar-refractivity contribution in [3.8, 4) is 48.3 Å². The Bertz CT molecular complexity index is 2470. The van der Waals surface area contributed by atoms with Gasteiger partial charge in [-0.3, -0.25) is 0 Å². The van der Waals surface area contributed by atoms with Crippen molar-refractivity contribution in [3.63, 3.8) is 0 Å². The number of benzene rings is 4. The van der Waals surface area contributed by atoms with Crippen LogP contribution in [0.5, 0.6) is 0 Å². The van der Waals surface area contributed by atoms with E-state index in [1.807, 2.05) is 11.3 Å². The molecule has 3 aliphatic rings. The van der Waals surface area contributed by atoms with Gasteiger partial charge in [-0.25, -0.2) is 0 Å². The Balaban J connectivity index is 1.09. The Labute approximate surface area is 308 Å². The third kappa shape index (κ3) is 4.97. The number of rotatable bonds is 5. The number of hydrogen-bond donors (Lipinski definition) is 0. The second kappa shape index (κ2) is 11.6. The molecule has 1 aliphatic heterocycles. The van der Waals surface area contributed by atoms with Gasteiger partial charge in [0.2, 0.25) is 0 Å². The third-order valence-corrected chi connectivity index (χ3v) is 13.7. The van der Waals surface area contributed by atoms with Crippen LogP contribution in [0.3, 0.4) is 0 Å². The van der Waals surface area contributed by atoms with Crippen molar-refractivity contribution in [2.45, 2.75) is 58.7 Å². The molecule has 1 fully saturated rings. The molecule has 0 atom stereocenters. The summed E-state index contributed by atoms with van der Waals surface area (Å²) in [6, 6.07) is 41.0. The second-order valence-electron chi connectivity index (χ2n) is 15.8. The molecule has 4 aromatic carbocycles. The number of hydrogen-bond acceptors (Lipinski definition) is 4. The molecule has 3 nitrogen and oxygen atoms in total. The van der Waals surface area contributed by atoms with Crippen molar-refractivity contribution >= 4 is 33.6 Å². The van der Waals surface area contributed by atoms with Crippen LogP contribution in [0.4, 0.5) is 0 Å². The van der Waals surface area contributed by atoms with Crippen LogP contribution in [0.15, 0.2) is 109 Å². The molecule has 0 saturated carbocycles. The van der Waals surface area contributed by atoms with Gasteiger partial charge in [-0.05, 0) is 106 Å². The molecule has 3 aromatic heterocycles. The predicted molar refractivity (Wildman–Crippen MR) is 213 cm³/mol. The molecule has 0 spiro atoms.